The smallest absolute Gasteiger partial charge is 0.190 e. The van der Waals surface area contributed by atoms with Crippen molar-refractivity contribution in [3.05, 3.63) is 20.3 Å². The number of carbonyl (C=O) groups excluding carboxylic acids is 1. The van der Waals surface area contributed by atoms with E-state index in [0.717, 1.165) is 25.7 Å². The van der Waals surface area contributed by atoms with E-state index >= 15 is 0 Å². The van der Waals surface area contributed by atoms with Crippen LogP contribution in [0.4, 0.5) is 0 Å². The molecule has 19 heavy (non-hydrogen) atoms. The van der Waals surface area contributed by atoms with Crippen LogP contribution in [0.2, 0.25) is 8.67 Å². The van der Waals surface area contributed by atoms with Gasteiger partial charge in [-0.1, -0.05) is 23.2 Å². The van der Waals surface area contributed by atoms with Crippen molar-refractivity contribution in [3.8, 4) is 0 Å². The largest absolute Gasteiger partial charge is 0.381 e. The van der Waals surface area contributed by atoms with E-state index in [1.54, 1.807) is 13.2 Å². The van der Waals surface area contributed by atoms with E-state index in [9.17, 15) is 4.79 Å². The average Bonchev–Trinajstić information content (AvgIpc) is 2.75. The van der Waals surface area contributed by atoms with Crippen molar-refractivity contribution in [1.29, 1.82) is 0 Å². The molecular formula is C13H16Cl2O3S. The van der Waals surface area contributed by atoms with Crippen molar-refractivity contribution < 1.29 is 14.3 Å². The minimum atomic E-state index is -0.118. The Bertz CT molecular complexity index is 447. The molecule has 0 bridgehead atoms. The maximum Gasteiger partial charge on any atom is 0.190 e. The van der Waals surface area contributed by atoms with Crippen molar-refractivity contribution in [2.45, 2.75) is 37.9 Å². The van der Waals surface area contributed by atoms with Crippen LogP contribution in [0.15, 0.2) is 6.07 Å². The molecule has 1 heterocycles. The summed E-state index contributed by atoms with van der Waals surface area (Å²) < 4.78 is 11.9. The Morgan fingerprint density at radius 1 is 1.42 bits per heavy atom. The summed E-state index contributed by atoms with van der Waals surface area (Å²) in [6.45, 7) is 0.0495. The molecule has 1 fully saturated rings. The van der Waals surface area contributed by atoms with Crippen LogP contribution in [0.3, 0.4) is 0 Å². The molecule has 2 atom stereocenters. The van der Waals surface area contributed by atoms with Crippen molar-refractivity contribution in [2.75, 3.05) is 13.7 Å². The van der Waals surface area contributed by atoms with Crippen molar-refractivity contribution >= 4 is 40.3 Å². The van der Waals surface area contributed by atoms with E-state index in [1.165, 1.54) is 11.3 Å². The molecule has 1 aromatic heterocycles. The lowest BCUT2D eigenvalue weighted by molar-refractivity contribution is -0.0242. The number of hydrogen-bond donors (Lipinski definition) is 0. The molecule has 3 nitrogen and oxygen atoms in total. The number of rotatable bonds is 5. The Labute approximate surface area is 126 Å². The fourth-order valence-corrected chi connectivity index (χ4v) is 3.77. The monoisotopic (exact) mass is 322 g/mol. The highest BCUT2D eigenvalue weighted by atomic mass is 35.5. The van der Waals surface area contributed by atoms with Crippen LogP contribution in [-0.2, 0) is 9.47 Å². The lowest BCUT2D eigenvalue weighted by atomic mass is 9.95. The van der Waals surface area contributed by atoms with Gasteiger partial charge >= 0.3 is 0 Å². The molecule has 0 aliphatic heterocycles. The number of hydrogen-bond acceptors (Lipinski definition) is 4. The summed E-state index contributed by atoms with van der Waals surface area (Å²) in [5, 5.41) is 0. The molecule has 0 radical (unpaired) electrons. The quantitative estimate of drug-likeness (QED) is 0.762. The van der Waals surface area contributed by atoms with E-state index in [4.69, 9.17) is 32.7 Å². The minimum absolute atomic E-state index is 0.0495. The Morgan fingerprint density at radius 2 is 2.16 bits per heavy atom. The van der Waals surface area contributed by atoms with Crippen LogP contribution < -0.4 is 0 Å². The highest BCUT2D eigenvalue weighted by molar-refractivity contribution is 7.20. The molecule has 6 heteroatoms. The molecule has 0 N–H and O–H groups in total. The van der Waals surface area contributed by atoms with Crippen LogP contribution >= 0.6 is 34.5 Å². The molecule has 1 aromatic rings. The third-order valence-electron chi connectivity index (χ3n) is 3.32. The fourth-order valence-electron chi connectivity index (χ4n) is 2.27. The van der Waals surface area contributed by atoms with Gasteiger partial charge in [0.2, 0.25) is 0 Å². The minimum Gasteiger partial charge on any atom is -0.381 e. The first-order chi connectivity index (χ1) is 9.10. The molecule has 1 saturated carbocycles. The summed E-state index contributed by atoms with van der Waals surface area (Å²) in [6.07, 6.45) is 4.30. The standard InChI is InChI=1S/C13H16Cl2O3S/c1-17-8-3-2-4-9(5-8)18-7-11(16)10-6-12(14)19-13(10)15/h6,8-9H,2-5,7H2,1H3. The Kier molecular flexibility index (Phi) is 5.66. The van der Waals surface area contributed by atoms with Gasteiger partial charge in [0, 0.05) is 7.11 Å². The lowest BCUT2D eigenvalue weighted by Gasteiger charge is -2.27. The number of halogens is 2. The SMILES string of the molecule is COC1CCCC(OCC(=O)c2cc(Cl)sc2Cl)C1. The average molecular weight is 323 g/mol. The summed E-state index contributed by atoms with van der Waals surface area (Å²) >= 11 is 13.0. The summed E-state index contributed by atoms with van der Waals surface area (Å²) in [7, 11) is 1.71. The zero-order chi connectivity index (χ0) is 13.8. The van der Waals surface area contributed by atoms with Gasteiger partial charge in [-0.2, -0.15) is 0 Å². The highest BCUT2D eigenvalue weighted by Gasteiger charge is 2.23. The van der Waals surface area contributed by atoms with Crippen LogP contribution in [0, 0.1) is 0 Å². The zero-order valence-electron chi connectivity index (χ0n) is 10.7. The fraction of sp³-hybridized carbons (Fsp3) is 0.615. The zero-order valence-corrected chi connectivity index (χ0v) is 13.0. The lowest BCUT2D eigenvalue weighted by Crippen LogP contribution is -2.29. The number of methoxy groups -OCH3 is 1. The second kappa shape index (κ2) is 7.04. The van der Waals surface area contributed by atoms with Gasteiger partial charge in [0.1, 0.15) is 10.9 Å². The summed E-state index contributed by atoms with van der Waals surface area (Å²) in [5.74, 6) is -0.118. The maximum absolute atomic E-state index is 12.0. The third-order valence-corrected chi connectivity index (χ3v) is 4.81. The van der Waals surface area contributed by atoms with Gasteiger partial charge in [-0.25, -0.2) is 0 Å². The van der Waals surface area contributed by atoms with E-state index < -0.39 is 0 Å². The molecule has 1 aliphatic rings. The van der Waals surface area contributed by atoms with E-state index in [0.29, 0.717) is 14.2 Å². The molecule has 106 valence electrons. The van der Waals surface area contributed by atoms with Gasteiger partial charge in [-0.3, -0.25) is 4.79 Å². The number of thiophene rings is 1. The van der Waals surface area contributed by atoms with Crippen LogP contribution in [-0.4, -0.2) is 31.7 Å². The van der Waals surface area contributed by atoms with E-state index in [2.05, 4.69) is 0 Å². The molecule has 2 rings (SSSR count). The Morgan fingerprint density at radius 3 is 2.79 bits per heavy atom. The molecule has 2 unspecified atom stereocenters. The first kappa shape index (κ1) is 15.3. The molecule has 0 amide bonds. The number of carbonyl (C=O) groups is 1. The van der Waals surface area contributed by atoms with Crippen LogP contribution in [0.5, 0.6) is 0 Å². The molecule has 0 saturated heterocycles. The van der Waals surface area contributed by atoms with Gasteiger partial charge in [-0.05, 0) is 31.7 Å². The van der Waals surface area contributed by atoms with Gasteiger partial charge in [0.15, 0.2) is 5.78 Å². The molecule has 1 aliphatic carbocycles. The van der Waals surface area contributed by atoms with Gasteiger partial charge < -0.3 is 9.47 Å². The normalized spacial score (nSPS) is 23.5. The Hall–Kier alpha value is -0.130. The summed E-state index contributed by atoms with van der Waals surface area (Å²) in [5.41, 5.74) is 0.454. The highest BCUT2D eigenvalue weighted by Crippen LogP contribution is 2.31. The first-order valence-electron chi connectivity index (χ1n) is 6.22. The first-order valence-corrected chi connectivity index (χ1v) is 7.79. The van der Waals surface area contributed by atoms with E-state index in [1.807, 2.05) is 0 Å². The van der Waals surface area contributed by atoms with Crippen LogP contribution in [0.25, 0.3) is 0 Å². The molecular weight excluding hydrogens is 307 g/mol. The van der Waals surface area contributed by atoms with Gasteiger partial charge in [0.05, 0.1) is 22.1 Å². The van der Waals surface area contributed by atoms with E-state index in [-0.39, 0.29) is 24.6 Å². The van der Waals surface area contributed by atoms with Crippen molar-refractivity contribution in [3.63, 3.8) is 0 Å². The Balaban J connectivity index is 1.85. The summed E-state index contributed by atoms with van der Waals surface area (Å²) in [4.78, 5) is 12.0. The summed E-state index contributed by atoms with van der Waals surface area (Å²) in [6, 6.07) is 1.60. The predicted octanol–water partition coefficient (Wildman–Crippen LogP) is 4.21. The number of Topliss-reactive ketones (excluding diaryl/α,β-unsaturated/α-hetero) is 1. The topological polar surface area (TPSA) is 35.5 Å². The van der Waals surface area contributed by atoms with Crippen LogP contribution in [0.1, 0.15) is 36.0 Å². The van der Waals surface area contributed by atoms with Crippen molar-refractivity contribution in [1.82, 2.24) is 0 Å². The molecule has 0 spiro atoms. The predicted molar refractivity (Wildman–Crippen MR) is 77.7 cm³/mol. The van der Waals surface area contributed by atoms with Crippen molar-refractivity contribution in [2.24, 2.45) is 0 Å². The molecule has 0 aromatic carbocycles. The number of ketones is 1. The second-order valence-electron chi connectivity index (χ2n) is 4.62. The second-order valence-corrected chi connectivity index (χ2v) is 6.90. The number of ether oxygens (including phenoxy) is 2. The third kappa shape index (κ3) is 4.17. The van der Waals surface area contributed by atoms with Gasteiger partial charge in [0.25, 0.3) is 0 Å². The van der Waals surface area contributed by atoms with Gasteiger partial charge in [-0.15, -0.1) is 11.3 Å². The maximum atomic E-state index is 12.0.